The van der Waals surface area contributed by atoms with Crippen molar-refractivity contribution < 1.29 is 0 Å². The summed E-state index contributed by atoms with van der Waals surface area (Å²) in [7, 11) is 0. The highest BCUT2D eigenvalue weighted by Gasteiger charge is 2.33. The van der Waals surface area contributed by atoms with E-state index in [1.54, 1.807) is 0 Å². The van der Waals surface area contributed by atoms with Crippen molar-refractivity contribution >= 4 is 0 Å². The van der Waals surface area contributed by atoms with Crippen molar-refractivity contribution in [3.63, 3.8) is 0 Å². The number of nitrogens with two attached hydrogens (primary N) is 1. The van der Waals surface area contributed by atoms with Gasteiger partial charge in [0.2, 0.25) is 0 Å². The molecule has 1 nitrogen and oxygen atoms in total. The monoisotopic (exact) mass is 231 g/mol. The Morgan fingerprint density at radius 3 is 2.88 bits per heavy atom. The van der Waals surface area contributed by atoms with Gasteiger partial charge >= 0.3 is 0 Å². The van der Waals surface area contributed by atoms with Crippen molar-refractivity contribution in [1.82, 2.24) is 0 Å². The molecule has 0 aromatic heterocycles. The van der Waals surface area contributed by atoms with E-state index in [2.05, 4.69) is 38.1 Å². The Kier molecular flexibility index (Phi) is 3.88. The molecule has 2 atom stereocenters. The van der Waals surface area contributed by atoms with Gasteiger partial charge in [-0.2, -0.15) is 0 Å². The van der Waals surface area contributed by atoms with Gasteiger partial charge in [-0.25, -0.2) is 0 Å². The maximum absolute atomic E-state index is 6.09. The van der Waals surface area contributed by atoms with E-state index in [0.29, 0.717) is 5.41 Å². The zero-order chi connectivity index (χ0) is 12.3. The normalized spacial score (nSPS) is 29.2. The molecule has 0 spiro atoms. The first-order chi connectivity index (χ1) is 8.13. The molecule has 1 aromatic carbocycles. The molecule has 1 fully saturated rings. The topological polar surface area (TPSA) is 26.0 Å². The average Bonchev–Trinajstić information content (AvgIpc) is 2.29. The quantitative estimate of drug-likeness (QED) is 0.843. The zero-order valence-electron chi connectivity index (χ0n) is 11.2. The molecule has 94 valence electrons. The molecule has 0 aliphatic heterocycles. The van der Waals surface area contributed by atoms with E-state index in [0.717, 1.165) is 18.9 Å². The van der Waals surface area contributed by atoms with E-state index in [1.165, 1.54) is 36.8 Å². The Morgan fingerprint density at radius 1 is 1.41 bits per heavy atom. The van der Waals surface area contributed by atoms with Gasteiger partial charge in [-0.1, -0.05) is 49.6 Å². The van der Waals surface area contributed by atoms with Gasteiger partial charge in [-0.3, -0.25) is 0 Å². The average molecular weight is 231 g/mol. The summed E-state index contributed by atoms with van der Waals surface area (Å²) in [5, 5.41) is 0. The van der Waals surface area contributed by atoms with Gasteiger partial charge in [-0.05, 0) is 49.6 Å². The molecule has 0 radical (unpaired) electrons. The fourth-order valence-corrected chi connectivity index (χ4v) is 3.44. The van der Waals surface area contributed by atoms with Crippen molar-refractivity contribution in [2.24, 2.45) is 17.1 Å². The molecule has 2 unspecified atom stereocenters. The van der Waals surface area contributed by atoms with E-state index in [1.807, 2.05) is 0 Å². The van der Waals surface area contributed by atoms with Crippen LogP contribution in [0.2, 0.25) is 0 Å². The van der Waals surface area contributed by atoms with Crippen LogP contribution in [0.25, 0.3) is 0 Å². The summed E-state index contributed by atoms with van der Waals surface area (Å²) in [6, 6.07) is 8.91. The van der Waals surface area contributed by atoms with E-state index in [-0.39, 0.29) is 0 Å². The summed E-state index contributed by atoms with van der Waals surface area (Å²) >= 11 is 0. The minimum absolute atomic E-state index is 0.367. The Labute approximate surface area is 105 Å². The molecule has 1 heteroatoms. The number of hydrogen-bond donors (Lipinski definition) is 1. The predicted molar refractivity (Wildman–Crippen MR) is 74.0 cm³/mol. The van der Waals surface area contributed by atoms with Gasteiger partial charge < -0.3 is 5.73 Å². The minimum atomic E-state index is 0.367. The predicted octanol–water partition coefficient (Wildman–Crippen LogP) is 3.69. The van der Waals surface area contributed by atoms with Crippen LogP contribution in [0.3, 0.4) is 0 Å². The van der Waals surface area contributed by atoms with Crippen LogP contribution in [0, 0.1) is 18.3 Å². The summed E-state index contributed by atoms with van der Waals surface area (Å²) in [6.45, 7) is 5.38. The maximum Gasteiger partial charge on any atom is -0.00172 e. The molecule has 0 heterocycles. The highest BCUT2D eigenvalue weighted by Crippen LogP contribution is 2.41. The molecule has 0 saturated heterocycles. The third-order valence-corrected chi connectivity index (χ3v) is 4.28. The third kappa shape index (κ3) is 3.10. The van der Waals surface area contributed by atoms with Crippen LogP contribution in [0.15, 0.2) is 24.3 Å². The number of hydrogen-bond acceptors (Lipinski definition) is 1. The second kappa shape index (κ2) is 5.22. The summed E-state index contributed by atoms with van der Waals surface area (Å²) in [4.78, 5) is 0. The lowest BCUT2D eigenvalue weighted by Gasteiger charge is -2.39. The number of benzene rings is 1. The lowest BCUT2D eigenvalue weighted by Crippen LogP contribution is -2.37. The largest absolute Gasteiger partial charge is 0.330 e. The van der Waals surface area contributed by atoms with Crippen LogP contribution < -0.4 is 5.73 Å². The SMILES string of the molecule is Cc1cccc(CC2(CN)CCCC(C)C2)c1. The molecule has 1 aliphatic rings. The molecule has 2 N–H and O–H groups in total. The Balaban J connectivity index is 2.13. The first kappa shape index (κ1) is 12.6. The molecule has 1 aromatic rings. The Morgan fingerprint density at radius 2 is 2.24 bits per heavy atom. The summed E-state index contributed by atoms with van der Waals surface area (Å²) in [6.07, 6.45) is 6.51. The molecule has 0 bridgehead atoms. The van der Waals surface area contributed by atoms with E-state index in [4.69, 9.17) is 5.73 Å². The molecular formula is C16H25N. The smallest absolute Gasteiger partial charge is 0.00172 e. The van der Waals surface area contributed by atoms with Crippen LogP contribution >= 0.6 is 0 Å². The van der Waals surface area contributed by atoms with Crippen LogP contribution in [0.5, 0.6) is 0 Å². The summed E-state index contributed by atoms with van der Waals surface area (Å²) < 4.78 is 0. The number of aryl methyl sites for hydroxylation is 1. The zero-order valence-corrected chi connectivity index (χ0v) is 11.2. The van der Waals surface area contributed by atoms with Crippen molar-refractivity contribution in [1.29, 1.82) is 0 Å². The third-order valence-electron chi connectivity index (χ3n) is 4.28. The molecular weight excluding hydrogens is 206 g/mol. The van der Waals surface area contributed by atoms with E-state index < -0.39 is 0 Å². The van der Waals surface area contributed by atoms with Gasteiger partial charge in [0.1, 0.15) is 0 Å². The van der Waals surface area contributed by atoms with Gasteiger partial charge in [0.25, 0.3) is 0 Å². The van der Waals surface area contributed by atoms with Gasteiger partial charge in [0.05, 0.1) is 0 Å². The van der Waals surface area contributed by atoms with Crippen LogP contribution in [-0.4, -0.2) is 6.54 Å². The van der Waals surface area contributed by atoms with Crippen molar-refractivity contribution in [3.05, 3.63) is 35.4 Å². The molecule has 1 aliphatic carbocycles. The molecule has 1 saturated carbocycles. The summed E-state index contributed by atoms with van der Waals surface area (Å²) in [5.74, 6) is 0.845. The lowest BCUT2D eigenvalue weighted by atomic mass is 9.67. The minimum Gasteiger partial charge on any atom is -0.330 e. The first-order valence-electron chi connectivity index (χ1n) is 6.89. The van der Waals surface area contributed by atoms with Crippen molar-refractivity contribution in [2.45, 2.75) is 46.0 Å². The summed E-state index contributed by atoms with van der Waals surface area (Å²) in [5.41, 5.74) is 9.28. The van der Waals surface area contributed by atoms with Gasteiger partial charge in [0, 0.05) is 0 Å². The van der Waals surface area contributed by atoms with Crippen molar-refractivity contribution in [2.75, 3.05) is 6.54 Å². The fourth-order valence-electron chi connectivity index (χ4n) is 3.44. The van der Waals surface area contributed by atoms with Crippen LogP contribution in [0.1, 0.15) is 43.7 Å². The number of rotatable bonds is 3. The standard InChI is InChI=1S/C16H25N/c1-13-5-3-7-15(9-13)11-16(12-17)8-4-6-14(2)10-16/h3,5,7,9,14H,4,6,8,10-12,17H2,1-2H3. The highest BCUT2D eigenvalue weighted by molar-refractivity contribution is 5.23. The lowest BCUT2D eigenvalue weighted by molar-refractivity contribution is 0.154. The Hall–Kier alpha value is -0.820. The molecule has 0 amide bonds. The van der Waals surface area contributed by atoms with Crippen LogP contribution in [-0.2, 0) is 6.42 Å². The van der Waals surface area contributed by atoms with Crippen molar-refractivity contribution in [3.8, 4) is 0 Å². The fraction of sp³-hybridized carbons (Fsp3) is 0.625. The van der Waals surface area contributed by atoms with Gasteiger partial charge in [-0.15, -0.1) is 0 Å². The second-order valence-corrected chi connectivity index (χ2v) is 6.07. The molecule has 17 heavy (non-hydrogen) atoms. The first-order valence-corrected chi connectivity index (χ1v) is 6.89. The molecule has 2 rings (SSSR count). The Bertz CT molecular complexity index is 372. The van der Waals surface area contributed by atoms with E-state index in [9.17, 15) is 0 Å². The highest BCUT2D eigenvalue weighted by atomic mass is 14.6. The maximum atomic E-state index is 6.09. The van der Waals surface area contributed by atoms with Gasteiger partial charge in [0.15, 0.2) is 0 Å². The van der Waals surface area contributed by atoms with Crippen LogP contribution in [0.4, 0.5) is 0 Å². The van der Waals surface area contributed by atoms with E-state index >= 15 is 0 Å². The second-order valence-electron chi connectivity index (χ2n) is 6.07.